The molecule has 1 aliphatic carbocycles. The van der Waals surface area contributed by atoms with Crippen LogP contribution in [0.3, 0.4) is 0 Å². The van der Waals surface area contributed by atoms with Gasteiger partial charge in [-0.3, -0.25) is 0 Å². The van der Waals surface area contributed by atoms with Crippen LogP contribution < -0.4 is 56.8 Å². The van der Waals surface area contributed by atoms with Crippen LogP contribution in [-0.2, 0) is 0 Å². The van der Waals surface area contributed by atoms with Crippen LogP contribution in [0.15, 0.2) is 146 Å². The van der Waals surface area contributed by atoms with Gasteiger partial charge >= 0.3 is 0 Å². The first-order chi connectivity index (χ1) is 38.2. The monoisotopic (exact) mass is 1050 g/mol. The summed E-state index contributed by atoms with van der Waals surface area (Å²) in [7, 11) is 16.8. The number of ether oxygens (including phenoxy) is 12. The second kappa shape index (κ2) is 21.6. The van der Waals surface area contributed by atoms with Crippen molar-refractivity contribution in [3.63, 3.8) is 0 Å². The van der Waals surface area contributed by atoms with Gasteiger partial charge in [0.05, 0.1) is 82.9 Å². The van der Waals surface area contributed by atoms with E-state index in [0.717, 1.165) is 89.8 Å². The minimum atomic E-state index is -0.446. The van der Waals surface area contributed by atoms with Gasteiger partial charge in [0.25, 0.3) is 0 Å². The summed E-state index contributed by atoms with van der Waals surface area (Å²) in [5.74, 6) is 6.99. The van der Waals surface area contributed by atoms with Crippen molar-refractivity contribution in [2.45, 2.75) is 35.9 Å². The highest BCUT2D eigenvalue weighted by atomic mass is 16.5. The second-order valence-corrected chi connectivity index (χ2v) is 19.4. The molecule has 2 heterocycles. The molecular formula is C66H62O12. The van der Waals surface area contributed by atoms with E-state index < -0.39 is 18.1 Å². The summed E-state index contributed by atoms with van der Waals surface area (Å²) >= 11 is 0. The van der Waals surface area contributed by atoms with Gasteiger partial charge < -0.3 is 56.8 Å². The van der Waals surface area contributed by atoms with E-state index in [2.05, 4.69) is 84.9 Å². The molecule has 3 aliphatic rings. The zero-order valence-corrected chi connectivity index (χ0v) is 45.4. The average molecular weight is 1050 g/mol. The van der Waals surface area contributed by atoms with Crippen LogP contribution in [0.1, 0.15) is 103 Å². The first kappa shape index (κ1) is 51.2. The Bertz CT molecular complexity index is 3490. The molecule has 6 atom stereocenters. The summed E-state index contributed by atoms with van der Waals surface area (Å²) in [5, 5.41) is 0. The average Bonchev–Trinajstić information content (AvgIpc) is 4.28. The van der Waals surface area contributed by atoms with E-state index in [9.17, 15) is 0 Å². The first-order valence-corrected chi connectivity index (χ1v) is 25.7. The molecule has 0 bridgehead atoms. The van der Waals surface area contributed by atoms with Gasteiger partial charge in [-0.15, -0.1) is 0 Å². The Labute approximate surface area is 455 Å². The quantitative estimate of drug-likeness (QED) is 0.0810. The third-order valence-corrected chi connectivity index (χ3v) is 15.6. The summed E-state index contributed by atoms with van der Waals surface area (Å²) < 4.78 is 73.9. The van der Waals surface area contributed by atoms with Gasteiger partial charge in [0.1, 0.15) is 81.2 Å². The summed E-state index contributed by atoms with van der Waals surface area (Å²) in [6.45, 7) is 0. The van der Waals surface area contributed by atoms with Crippen LogP contribution in [0.5, 0.6) is 69.0 Å². The van der Waals surface area contributed by atoms with Crippen molar-refractivity contribution < 1.29 is 56.8 Å². The molecule has 12 nitrogen and oxygen atoms in total. The molecule has 0 radical (unpaired) electrons. The molecule has 12 heteroatoms. The van der Waals surface area contributed by atoms with Gasteiger partial charge in [-0.05, 0) is 123 Å². The number of hydrogen-bond donors (Lipinski definition) is 0. The fourth-order valence-electron chi connectivity index (χ4n) is 11.9. The van der Waals surface area contributed by atoms with Crippen molar-refractivity contribution in [2.75, 3.05) is 71.1 Å². The van der Waals surface area contributed by atoms with E-state index in [1.807, 2.05) is 72.8 Å². The van der Waals surface area contributed by atoms with Gasteiger partial charge in [0, 0.05) is 58.4 Å². The Balaban J connectivity index is 1.13. The largest absolute Gasteiger partial charge is 0.497 e. The number of methoxy groups -OCH3 is 10. The molecule has 0 amide bonds. The molecule has 0 N–H and O–H groups in total. The molecule has 0 aromatic heterocycles. The predicted molar refractivity (Wildman–Crippen MR) is 300 cm³/mol. The van der Waals surface area contributed by atoms with E-state index in [4.69, 9.17) is 56.8 Å². The second-order valence-electron chi connectivity index (χ2n) is 19.4. The lowest BCUT2D eigenvalue weighted by molar-refractivity contribution is 0.221. The molecule has 2 unspecified atom stereocenters. The predicted octanol–water partition coefficient (Wildman–Crippen LogP) is 13.8. The number of rotatable bonds is 17. The van der Waals surface area contributed by atoms with Gasteiger partial charge in [-0.25, -0.2) is 0 Å². The molecule has 11 rings (SSSR count). The smallest absolute Gasteiger partial charge is 0.135 e. The fourth-order valence-corrected chi connectivity index (χ4v) is 11.9. The molecule has 0 spiro atoms. The van der Waals surface area contributed by atoms with Gasteiger partial charge in [0.15, 0.2) is 0 Å². The summed E-state index contributed by atoms with van der Waals surface area (Å²) in [5.41, 5.74) is 11.8. The van der Waals surface area contributed by atoms with E-state index in [-0.39, 0.29) is 17.8 Å². The van der Waals surface area contributed by atoms with Crippen molar-refractivity contribution in [3.8, 4) is 69.0 Å². The molecule has 398 valence electrons. The van der Waals surface area contributed by atoms with E-state index >= 15 is 0 Å². The molecule has 0 saturated carbocycles. The highest BCUT2D eigenvalue weighted by Crippen LogP contribution is 2.63. The third-order valence-electron chi connectivity index (χ3n) is 15.6. The zero-order chi connectivity index (χ0) is 54.2. The molecule has 78 heavy (non-hydrogen) atoms. The van der Waals surface area contributed by atoms with Crippen LogP contribution in [0, 0.1) is 0 Å². The molecular weight excluding hydrogens is 985 g/mol. The lowest BCUT2D eigenvalue weighted by atomic mass is 9.72. The number of fused-ring (bicyclic) bond motifs is 3. The Morgan fingerprint density at radius 1 is 0.295 bits per heavy atom. The molecule has 0 fully saturated rings. The Morgan fingerprint density at radius 3 is 1.28 bits per heavy atom. The van der Waals surface area contributed by atoms with Crippen molar-refractivity contribution >= 4 is 12.2 Å². The topological polar surface area (TPSA) is 111 Å². The SMILES string of the molecule is COc1ccc(C2Oc3cc(OC)cc(/C=C/c4ccc(OC)c([C@H]5c6cc(OC)cc7c6[C@H](c6cc(OC)cc(OC)c6[C@@H]5c5ccc(OC)cc5)[C@@H](c5ccc(OC)cc5)O7)c4)c3C2c2cc(OC)cc(OC)c2)cc1. The molecule has 8 aromatic carbocycles. The fraction of sp³-hybridized carbons (Fsp3) is 0.242. The maximum atomic E-state index is 7.18. The molecule has 2 aliphatic heterocycles. The van der Waals surface area contributed by atoms with Crippen LogP contribution in [0.2, 0.25) is 0 Å². The lowest BCUT2D eigenvalue weighted by Crippen LogP contribution is -2.18. The maximum absolute atomic E-state index is 7.18. The molecule has 8 aromatic rings. The third kappa shape index (κ3) is 9.14. The highest BCUT2D eigenvalue weighted by molar-refractivity contribution is 5.77. The van der Waals surface area contributed by atoms with Gasteiger partial charge in [0.2, 0.25) is 0 Å². The lowest BCUT2D eigenvalue weighted by Gasteiger charge is -2.32. The van der Waals surface area contributed by atoms with Crippen LogP contribution in [0.25, 0.3) is 12.2 Å². The van der Waals surface area contributed by atoms with E-state index in [1.165, 1.54) is 0 Å². The minimum Gasteiger partial charge on any atom is -0.497 e. The van der Waals surface area contributed by atoms with Gasteiger partial charge in [-0.1, -0.05) is 54.6 Å². The van der Waals surface area contributed by atoms with Crippen molar-refractivity contribution in [3.05, 3.63) is 212 Å². The summed E-state index contributed by atoms with van der Waals surface area (Å²) in [6, 6.07) is 49.1. The Hall–Kier alpha value is -8.90. The highest BCUT2D eigenvalue weighted by Gasteiger charge is 2.49. The Kier molecular flexibility index (Phi) is 14.2. The summed E-state index contributed by atoms with van der Waals surface area (Å²) in [4.78, 5) is 0. The van der Waals surface area contributed by atoms with Gasteiger partial charge in [-0.2, -0.15) is 0 Å². The van der Waals surface area contributed by atoms with Crippen molar-refractivity contribution in [1.82, 2.24) is 0 Å². The first-order valence-electron chi connectivity index (χ1n) is 25.7. The number of benzene rings is 8. The van der Waals surface area contributed by atoms with Crippen LogP contribution in [0.4, 0.5) is 0 Å². The van der Waals surface area contributed by atoms with Crippen molar-refractivity contribution in [2.24, 2.45) is 0 Å². The maximum Gasteiger partial charge on any atom is 0.135 e. The van der Waals surface area contributed by atoms with Crippen LogP contribution >= 0.6 is 0 Å². The summed E-state index contributed by atoms with van der Waals surface area (Å²) in [6.07, 6.45) is 3.42. The van der Waals surface area contributed by atoms with Crippen molar-refractivity contribution in [1.29, 1.82) is 0 Å². The standard InChI is InChI=1S/C66H62O12/c1-67-43-20-14-38(15-21-43)59-61(52-32-50(74-8)36-57-63(52)64(53-33-49(73-7)34-55(76-10)62(53)59)66(78-57)40-18-24-45(69-3)25-19-40)51-27-37(12-26-54(51)75-9)11-13-41-28-48(72-6)35-56-58(41)60(42-29-46(70-4)31-47(30-42)71-5)65(77-56)39-16-22-44(68-2)23-17-39/h11-36,59-61,64-66H,1-10H3/b13-11+/t59-,60?,61+,64+,65?,66-/m1/s1. The minimum absolute atomic E-state index is 0.286. The Morgan fingerprint density at radius 2 is 0.756 bits per heavy atom. The number of hydrogen-bond acceptors (Lipinski definition) is 12. The molecule has 0 saturated heterocycles. The zero-order valence-electron chi connectivity index (χ0n) is 45.4. The normalized spacial score (nSPS) is 18.5. The van der Waals surface area contributed by atoms with E-state index in [0.29, 0.717) is 46.0 Å². The van der Waals surface area contributed by atoms with Crippen LogP contribution in [-0.4, -0.2) is 71.1 Å². The van der Waals surface area contributed by atoms with E-state index in [1.54, 1.807) is 71.1 Å².